The lowest BCUT2D eigenvalue weighted by Gasteiger charge is -1.99. The van der Waals surface area contributed by atoms with E-state index in [2.05, 4.69) is 11.1 Å². The molecule has 4 aromatic rings. The van der Waals surface area contributed by atoms with Crippen molar-refractivity contribution in [3.05, 3.63) is 54.3 Å². The molecule has 4 rings (SSSR count). The quantitative estimate of drug-likeness (QED) is 0.529. The second-order valence-electron chi connectivity index (χ2n) is 4.93. The number of nitrogens with zero attached hydrogens (tertiary/aromatic N) is 3. The van der Waals surface area contributed by atoms with Gasteiger partial charge in [-0.3, -0.25) is 0 Å². The molecule has 0 aliphatic carbocycles. The van der Waals surface area contributed by atoms with E-state index in [1.54, 1.807) is 12.3 Å². The van der Waals surface area contributed by atoms with Crippen molar-refractivity contribution in [2.24, 2.45) is 7.05 Å². The smallest absolute Gasteiger partial charge is 0.144 e. The van der Waals surface area contributed by atoms with Crippen LogP contribution in [0.15, 0.2) is 53.1 Å². The molecule has 0 atom stereocenters. The summed E-state index contributed by atoms with van der Waals surface area (Å²) >= 11 is 0. The fraction of sp³-hybridized carbons (Fsp3) is 0.0588. The minimum atomic E-state index is 0.585. The predicted octanol–water partition coefficient (Wildman–Crippen LogP) is 3.86. The molecule has 0 N–H and O–H groups in total. The fourth-order valence-corrected chi connectivity index (χ4v) is 2.70. The third-order valence-electron chi connectivity index (χ3n) is 3.75. The lowest BCUT2D eigenvalue weighted by Crippen LogP contribution is -1.91. The first-order valence-electron chi connectivity index (χ1n) is 6.62. The molecule has 0 radical (unpaired) electrons. The zero-order valence-corrected chi connectivity index (χ0v) is 11.4. The second kappa shape index (κ2) is 4.22. The van der Waals surface area contributed by atoms with Gasteiger partial charge in [-0.05, 0) is 18.2 Å². The molecule has 0 fully saturated rings. The van der Waals surface area contributed by atoms with E-state index in [4.69, 9.17) is 4.42 Å². The van der Waals surface area contributed by atoms with Crippen molar-refractivity contribution in [2.75, 3.05) is 0 Å². The van der Waals surface area contributed by atoms with Crippen molar-refractivity contribution in [1.29, 1.82) is 5.26 Å². The van der Waals surface area contributed by atoms with Gasteiger partial charge in [0.25, 0.3) is 0 Å². The number of rotatable bonds is 1. The van der Waals surface area contributed by atoms with E-state index in [1.807, 2.05) is 48.0 Å². The second-order valence-corrected chi connectivity index (χ2v) is 4.93. The zero-order valence-electron chi connectivity index (χ0n) is 11.4. The normalized spacial score (nSPS) is 11.0. The third kappa shape index (κ3) is 1.58. The van der Waals surface area contributed by atoms with Gasteiger partial charge in [0.05, 0.1) is 16.6 Å². The maximum absolute atomic E-state index is 9.22. The van der Waals surface area contributed by atoms with Crippen molar-refractivity contribution >= 4 is 22.0 Å². The molecule has 0 amide bonds. The van der Waals surface area contributed by atoms with Gasteiger partial charge in [0.2, 0.25) is 0 Å². The fourth-order valence-electron chi connectivity index (χ4n) is 2.70. The molecule has 4 heteroatoms. The summed E-state index contributed by atoms with van der Waals surface area (Å²) in [5.41, 5.74) is 4.02. The van der Waals surface area contributed by atoms with Crippen LogP contribution in [-0.4, -0.2) is 9.55 Å². The van der Waals surface area contributed by atoms with Crippen LogP contribution in [0.5, 0.6) is 0 Å². The number of imidazole rings is 1. The lowest BCUT2D eigenvalue weighted by molar-refractivity contribution is 0.616. The molecule has 0 unspecified atom stereocenters. The highest BCUT2D eigenvalue weighted by atomic mass is 16.3. The summed E-state index contributed by atoms with van der Waals surface area (Å²) in [4.78, 5) is 4.66. The molecular weight excluding hydrogens is 262 g/mol. The van der Waals surface area contributed by atoms with Crippen LogP contribution in [-0.2, 0) is 7.05 Å². The number of aromatic nitrogens is 2. The molecule has 0 saturated heterocycles. The van der Waals surface area contributed by atoms with Crippen molar-refractivity contribution in [3.8, 4) is 17.5 Å². The van der Waals surface area contributed by atoms with Crippen molar-refractivity contribution < 1.29 is 4.42 Å². The van der Waals surface area contributed by atoms with Crippen LogP contribution in [0.2, 0.25) is 0 Å². The van der Waals surface area contributed by atoms with E-state index in [-0.39, 0.29) is 0 Å². The Morgan fingerprint density at radius 1 is 1.14 bits per heavy atom. The molecule has 21 heavy (non-hydrogen) atoms. The van der Waals surface area contributed by atoms with Gasteiger partial charge in [0.15, 0.2) is 0 Å². The number of benzene rings is 2. The van der Waals surface area contributed by atoms with Crippen molar-refractivity contribution in [2.45, 2.75) is 0 Å². The van der Waals surface area contributed by atoms with Crippen LogP contribution < -0.4 is 0 Å². The molecule has 0 spiro atoms. The number of furan rings is 1. The zero-order chi connectivity index (χ0) is 14.4. The molecule has 2 heterocycles. The summed E-state index contributed by atoms with van der Waals surface area (Å²) in [5.74, 6) is 0.803. The molecule has 0 saturated carbocycles. The largest absolute Gasteiger partial charge is 0.464 e. The number of nitriles is 1. The van der Waals surface area contributed by atoms with E-state index in [9.17, 15) is 5.26 Å². The van der Waals surface area contributed by atoms with E-state index >= 15 is 0 Å². The van der Waals surface area contributed by atoms with Gasteiger partial charge in [-0.1, -0.05) is 24.3 Å². The first kappa shape index (κ1) is 11.7. The van der Waals surface area contributed by atoms with E-state index < -0.39 is 0 Å². The Balaban J connectivity index is 2.08. The van der Waals surface area contributed by atoms with Gasteiger partial charge in [-0.2, -0.15) is 5.26 Å². The molecule has 0 aliphatic rings. The monoisotopic (exact) mass is 273 g/mol. The molecule has 2 aromatic heterocycles. The number of aryl methyl sites for hydroxylation is 1. The standard InChI is InChI=1S/C17H11N3O/c1-20-14-7-4-5-11(9-18)16(14)19-17(20)13-10-21-15-8-3-2-6-12(13)15/h2-8,10H,1H3. The van der Waals surface area contributed by atoms with Crippen LogP contribution in [0.25, 0.3) is 33.4 Å². The first-order valence-corrected chi connectivity index (χ1v) is 6.62. The summed E-state index contributed by atoms with van der Waals surface area (Å²) in [5, 5.41) is 10.2. The SMILES string of the molecule is Cn1c(-c2coc3ccccc23)nc2c(C#N)cccc21. The van der Waals surface area contributed by atoms with Crippen LogP contribution in [0.3, 0.4) is 0 Å². The number of hydrogen-bond acceptors (Lipinski definition) is 3. The van der Waals surface area contributed by atoms with Gasteiger partial charge in [0, 0.05) is 12.4 Å². The first-order chi connectivity index (χ1) is 10.3. The van der Waals surface area contributed by atoms with E-state index in [0.717, 1.165) is 33.4 Å². The average molecular weight is 273 g/mol. The van der Waals surface area contributed by atoms with Gasteiger partial charge < -0.3 is 8.98 Å². The van der Waals surface area contributed by atoms with Crippen LogP contribution in [0.1, 0.15) is 5.56 Å². The van der Waals surface area contributed by atoms with E-state index in [0.29, 0.717) is 5.56 Å². The minimum Gasteiger partial charge on any atom is -0.464 e. The Labute approximate surface area is 120 Å². The average Bonchev–Trinajstić information content (AvgIpc) is 3.09. The molecule has 100 valence electrons. The van der Waals surface area contributed by atoms with Crippen molar-refractivity contribution in [1.82, 2.24) is 9.55 Å². The van der Waals surface area contributed by atoms with Crippen LogP contribution in [0, 0.1) is 11.3 Å². The van der Waals surface area contributed by atoms with Crippen molar-refractivity contribution in [3.63, 3.8) is 0 Å². The molecule has 4 nitrogen and oxygen atoms in total. The van der Waals surface area contributed by atoms with Gasteiger partial charge in [-0.25, -0.2) is 4.98 Å². The summed E-state index contributed by atoms with van der Waals surface area (Å²) in [6.45, 7) is 0. The summed E-state index contributed by atoms with van der Waals surface area (Å²) < 4.78 is 7.59. The van der Waals surface area contributed by atoms with Crippen LogP contribution in [0.4, 0.5) is 0 Å². The highest BCUT2D eigenvalue weighted by Gasteiger charge is 2.16. The maximum atomic E-state index is 9.22. The summed E-state index contributed by atoms with van der Waals surface area (Å²) in [6.07, 6.45) is 1.72. The third-order valence-corrected chi connectivity index (χ3v) is 3.75. The maximum Gasteiger partial charge on any atom is 0.144 e. The Morgan fingerprint density at radius 3 is 2.86 bits per heavy atom. The van der Waals surface area contributed by atoms with Gasteiger partial charge >= 0.3 is 0 Å². The highest BCUT2D eigenvalue weighted by Crippen LogP contribution is 2.32. The highest BCUT2D eigenvalue weighted by molar-refractivity contribution is 5.95. The number of fused-ring (bicyclic) bond motifs is 2. The summed E-state index contributed by atoms with van der Waals surface area (Å²) in [6, 6.07) is 15.7. The Morgan fingerprint density at radius 2 is 2.00 bits per heavy atom. The Hall–Kier alpha value is -3.06. The van der Waals surface area contributed by atoms with Gasteiger partial charge in [0.1, 0.15) is 29.3 Å². The Bertz CT molecular complexity index is 1020. The lowest BCUT2D eigenvalue weighted by atomic mass is 10.1. The molecule has 2 aromatic carbocycles. The molecule has 0 bridgehead atoms. The number of hydrogen-bond donors (Lipinski definition) is 0. The molecule has 0 aliphatic heterocycles. The minimum absolute atomic E-state index is 0.585. The molecular formula is C17H11N3O. The van der Waals surface area contributed by atoms with E-state index in [1.165, 1.54) is 0 Å². The number of para-hydroxylation sites is 2. The van der Waals surface area contributed by atoms with Gasteiger partial charge in [-0.15, -0.1) is 0 Å². The predicted molar refractivity (Wildman–Crippen MR) is 80.6 cm³/mol. The van der Waals surface area contributed by atoms with Crippen LogP contribution >= 0.6 is 0 Å². The summed E-state index contributed by atoms with van der Waals surface area (Å²) in [7, 11) is 1.95. The Kier molecular flexibility index (Phi) is 2.36. The topological polar surface area (TPSA) is 54.8 Å².